The summed E-state index contributed by atoms with van der Waals surface area (Å²) in [6.07, 6.45) is 4.85. The van der Waals surface area contributed by atoms with Crippen LogP contribution >= 0.6 is 11.6 Å². The number of rotatable bonds is 11. The first-order valence-electron chi connectivity index (χ1n) is 6.28. The van der Waals surface area contributed by atoms with Crippen LogP contribution in [0.3, 0.4) is 0 Å². The van der Waals surface area contributed by atoms with Crippen molar-refractivity contribution in [3.8, 4) is 0 Å². The summed E-state index contributed by atoms with van der Waals surface area (Å²) in [5.74, 6) is -0.656. The highest BCUT2D eigenvalue weighted by Gasteiger charge is 2.12. The summed E-state index contributed by atoms with van der Waals surface area (Å²) in [5, 5.41) is 8.54. The van der Waals surface area contributed by atoms with Crippen molar-refractivity contribution >= 4 is 23.5 Å². The number of aliphatic carboxylic acids is 1. The Morgan fingerprint density at radius 1 is 1.17 bits per heavy atom. The van der Waals surface area contributed by atoms with Crippen LogP contribution in [0.25, 0.3) is 0 Å². The third-order valence-corrected chi connectivity index (χ3v) is 2.77. The summed E-state index contributed by atoms with van der Waals surface area (Å²) in [7, 11) is 0. The monoisotopic (exact) mass is 279 g/mol. The van der Waals surface area contributed by atoms with Crippen LogP contribution in [0.4, 0.5) is 0 Å². The lowest BCUT2D eigenvalue weighted by Gasteiger charge is -2.06. The molecule has 3 N–H and O–H groups in total. The van der Waals surface area contributed by atoms with Gasteiger partial charge in [-0.3, -0.25) is 9.59 Å². The molecule has 0 rings (SSSR count). The number of esters is 1. The first-order valence-corrected chi connectivity index (χ1v) is 6.81. The summed E-state index contributed by atoms with van der Waals surface area (Å²) < 4.78 is 5.00. The van der Waals surface area contributed by atoms with Gasteiger partial charge in [-0.2, -0.15) is 0 Å². The topological polar surface area (TPSA) is 89.6 Å². The number of halogens is 1. The minimum Gasteiger partial charge on any atom is -0.480 e. The molecule has 18 heavy (non-hydrogen) atoms. The van der Waals surface area contributed by atoms with Gasteiger partial charge in [0.25, 0.3) is 0 Å². The number of ether oxygens (including phenoxy) is 1. The molecule has 0 aliphatic carbocycles. The maximum Gasteiger partial charge on any atom is 0.320 e. The van der Waals surface area contributed by atoms with Gasteiger partial charge in [0, 0.05) is 12.3 Å². The molecule has 0 aromatic rings. The van der Waals surface area contributed by atoms with Gasteiger partial charge in [-0.25, -0.2) is 0 Å². The van der Waals surface area contributed by atoms with Crippen LogP contribution in [0.2, 0.25) is 0 Å². The molecule has 6 heteroatoms. The predicted molar refractivity (Wildman–Crippen MR) is 69.6 cm³/mol. The highest BCUT2D eigenvalue weighted by atomic mass is 35.5. The molecule has 5 nitrogen and oxygen atoms in total. The molecule has 0 aliphatic heterocycles. The molecule has 1 atom stereocenters. The highest BCUT2D eigenvalue weighted by Crippen LogP contribution is 2.04. The van der Waals surface area contributed by atoms with Crippen LogP contribution in [0.1, 0.15) is 44.9 Å². The zero-order valence-electron chi connectivity index (χ0n) is 10.6. The molecule has 0 radical (unpaired) electrons. The second-order valence-corrected chi connectivity index (χ2v) is 4.54. The fourth-order valence-corrected chi connectivity index (χ4v) is 1.59. The van der Waals surface area contributed by atoms with Crippen molar-refractivity contribution in [3.63, 3.8) is 0 Å². The van der Waals surface area contributed by atoms with Gasteiger partial charge < -0.3 is 15.6 Å². The lowest BCUT2D eigenvalue weighted by Crippen LogP contribution is -2.29. The largest absolute Gasteiger partial charge is 0.480 e. The first kappa shape index (κ1) is 17.2. The number of nitrogens with two attached hydrogens (primary N) is 1. The average Bonchev–Trinajstić information content (AvgIpc) is 2.33. The molecule has 0 saturated heterocycles. The van der Waals surface area contributed by atoms with E-state index in [-0.39, 0.29) is 12.4 Å². The number of carboxylic acid groups (broad SMARTS) is 1. The van der Waals surface area contributed by atoms with E-state index >= 15 is 0 Å². The fraction of sp³-hybridized carbons (Fsp3) is 0.833. The minimum absolute atomic E-state index is 0.225. The zero-order chi connectivity index (χ0) is 13.8. The molecule has 0 heterocycles. The van der Waals surface area contributed by atoms with Crippen molar-refractivity contribution in [3.05, 3.63) is 0 Å². The van der Waals surface area contributed by atoms with Gasteiger partial charge in [0.15, 0.2) is 0 Å². The van der Waals surface area contributed by atoms with Crippen LogP contribution in [-0.4, -0.2) is 35.6 Å². The quantitative estimate of drug-likeness (QED) is 0.343. The zero-order valence-corrected chi connectivity index (χ0v) is 11.3. The van der Waals surface area contributed by atoms with E-state index in [4.69, 9.17) is 27.2 Å². The number of alkyl halides is 1. The fourth-order valence-electron chi connectivity index (χ4n) is 1.40. The SMILES string of the molecule is N[C@@H](CCCC(=O)OCCCCCCCl)C(=O)O. The van der Waals surface area contributed by atoms with Crippen LogP contribution in [0, 0.1) is 0 Å². The molecule has 0 spiro atoms. The van der Waals surface area contributed by atoms with Gasteiger partial charge in [0.2, 0.25) is 0 Å². The number of carboxylic acids is 1. The first-order chi connectivity index (χ1) is 8.57. The number of unbranched alkanes of at least 4 members (excludes halogenated alkanes) is 3. The summed E-state index contributed by atoms with van der Waals surface area (Å²) in [4.78, 5) is 21.7. The second-order valence-electron chi connectivity index (χ2n) is 4.16. The van der Waals surface area contributed by atoms with Crippen molar-refractivity contribution < 1.29 is 19.4 Å². The van der Waals surface area contributed by atoms with E-state index in [0.29, 0.717) is 25.3 Å². The van der Waals surface area contributed by atoms with Gasteiger partial charge in [-0.1, -0.05) is 12.8 Å². The van der Waals surface area contributed by atoms with E-state index in [1.54, 1.807) is 0 Å². The molecule has 0 bridgehead atoms. The van der Waals surface area contributed by atoms with Crippen LogP contribution in [0.15, 0.2) is 0 Å². The third-order valence-electron chi connectivity index (χ3n) is 2.50. The Morgan fingerprint density at radius 2 is 1.83 bits per heavy atom. The molecular weight excluding hydrogens is 258 g/mol. The lowest BCUT2D eigenvalue weighted by molar-refractivity contribution is -0.144. The van der Waals surface area contributed by atoms with Crippen LogP contribution in [0.5, 0.6) is 0 Å². The van der Waals surface area contributed by atoms with Crippen molar-refractivity contribution in [2.75, 3.05) is 12.5 Å². The second kappa shape index (κ2) is 11.3. The van der Waals surface area contributed by atoms with E-state index in [1.807, 2.05) is 0 Å². The third kappa shape index (κ3) is 10.4. The molecule has 0 aromatic carbocycles. The van der Waals surface area contributed by atoms with Crippen molar-refractivity contribution in [1.82, 2.24) is 0 Å². The van der Waals surface area contributed by atoms with E-state index in [9.17, 15) is 9.59 Å². The normalized spacial score (nSPS) is 12.1. The van der Waals surface area contributed by atoms with E-state index in [2.05, 4.69) is 0 Å². The lowest BCUT2D eigenvalue weighted by atomic mass is 10.1. The number of hydrogen-bond acceptors (Lipinski definition) is 4. The van der Waals surface area contributed by atoms with Gasteiger partial charge in [-0.05, 0) is 25.7 Å². The Kier molecular flexibility index (Phi) is 10.8. The smallest absolute Gasteiger partial charge is 0.320 e. The molecule has 0 saturated carbocycles. The molecule has 0 unspecified atom stereocenters. The maximum absolute atomic E-state index is 11.3. The molecule has 0 aromatic heterocycles. The van der Waals surface area contributed by atoms with Gasteiger partial charge in [0.1, 0.15) is 6.04 Å². The maximum atomic E-state index is 11.3. The van der Waals surface area contributed by atoms with Gasteiger partial charge >= 0.3 is 11.9 Å². The molecule has 0 amide bonds. The van der Waals surface area contributed by atoms with Crippen molar-refractivity contribution in [1.29, 1.82) is 0 Å². The molecule has 0 aliphatic rings. The van der Waals surface area contributed by atoms with Gasteiger partial charge in [0.05, 0.1) is 6.61 Å². The van der Waals surface area contributed by atoms with Crippen molar-refractivity contribution in [2.24, 2.45) is 5.73 Å². The summed E-state index contributed by atoms with van der Waals surface area (Å²) in [6.45, 7) is 0.423. The summed E-state index contributed by atoms with van der Waals surface area (Å²) in [5.41, 5.74) is 5.31. The molecular formula is C12H22ClNO4. The number of hydrogen-bond donors (Lipinski definition) is 2. The summed E-state index contributed by atoms with van der Waals surface area (Å²) >= 11 is 5.53. The van der Waals surface area contributed by atoms with Gasteiger partial charge in [-0.15, -0.1) is 11.6 Å². The van der Waals surface area contributed by atoms with E-state index in [1.165, 1.54) is 0 Å². The minimum atomic E-state index is -1.04. The predicted octanol–water partition coefficient (Wildman–Crippen LogP) is 1.91. The van der Waals surface area contributed by atoms with E-state index < -0.39 is 12.0 Å². The average molecular weight is 280 g/mol. The highest BCUT2D eigenvalue weighted by molar-refractivity contribution is 6.17. The Bertz CT molecular complexity index is 248. The Labute approximate surface area is 113 Å². The molecule has 0 fully saturated rings. The van der Waals surface area contributed by atoms with E-state index in [0.717, 1.165) is 25.7 Å². The molecule has 106 valence electrons. The van der Waals surface area contributed by atoms with Crippen molar-refractivity contribution in [2.45, 2.75) is 51.0 Å². The summed E-state index contributed by atoms with van der Waals surface area (Å²) in [6, 6.07) is -0.895. The van der Waals surface area contributed by atoms with Crippen LogP contribution < -0.4 is 5.73 Å². The standard InChI is InChI=1S/C12H22ClNO4/c13-8-3-1-2-4-9-18-11(15)7-5-6-10(14)12(16)17/h10H,1-9,14H2,(H,16,17)/t10-/m0/s1. The number of carbonyl (C=O) groups excluding carboxylic acids is 1. The Balaban J connectivity index is 3.35. The Morgan fingerprint density at radius 3 is 2.44 bits per heavy atom. The van der Waals surface area contributed by atoms with Crippen LogP contribution in [-0.2, 0) is 14.3 Å². The number of carbonyl (C=O) groups is 2. The Hall–Kier alpha value is -0.810.